The van der Waals surface area contributed by atoms with E-state index in [9.17, 15) is 4.79 Å². The number of carbonyl (C=O) groups is 1. The molecular weight excluding hydrogens is 372 g/mol. The van der Waals surface area contributed by atoms with E-state index in [0.29, 0.717) is 36.5 Å². The van der Waals surface area contributed by atoms with Gasteiger partial charge in [-0.25, -0.2) is 4.79 Å². The molecule has 2 N–H and O–H groups in total. The smallest absolute Gasteiger partial charge is 0.410 e. The summed E-state index contributed by atoms with van der Waals surface area (Å²) in [6.07, 6.45) is 1.78. The number of carbonyl (C=O) groups excluding carboxylic acids is 1. The molecule has 162 valence electrons. The molecule has 0 saturated carbocycles. The van der Waals surface area contributed by atoms with E-state index in [1.807, 2.05) is 39.0 Å². The first-order valence-electron chi connectivity index (χ1n) is 9.93. The van der Waals surface area contributed by atoms with Gasteiger partial charge in [-0.3, -0.25) is 4.99 Å². The van der Waals surface area contributed by atoms with Crippen molar-refractivity contribution in [3.05, 3.63) is 18.2 Å². The predicted molar refractivity (Wildman–Crippen MR) is 115 cm³/mol. The fraction of sp³-hybridized carbons (Fsp3) is 0.619. The summed E-state index contributed by atoms with van der Waals surface area (Å²) in [7, 11) is 4.94. The largest absolute Gasteiger partial charge is 0.493 e. The second kappa shape index (κ2) is 10.2. The van der Waals surface area contributed by atoms with Gasteiger partial charge < -0.3 is 29.7 Å². The molecule has 1 aromatic carbocycles. The summed E-state index contributed by atoms with van der Waals surface area (Å²) in [5.74, 6) is 2.31. The van der Waals surface area contributed by atoms with Crippen molar-refractivity contribution in [1.29, 1.82) is 0 Å². The van der Waals surface area contributed by atoms with Crippen LogP contribution in [0, 0.1) is 5.92 Å². The number of benzene rings is 1. The van der Waals surface area contributed by atoms with Crippen LogP contribution < -0.4 is 20.1 Å². The van der Waals surface area contributed by atoms with Crippen molar-refractivity contribution in [3.63, 3.8) is 0 Å². The molecule has 0 aromatic heterocycles. The first-order valence-corrected chi connectivity index (χ1v) is 9.93. The number of hydrogen-bond donors (Lipinski definition) is 2. The van der Waals surface area contributed by atoms with Gasteiger partial charge in [-0.1, -0.05) is 0 Å². The molecule has 2 rings (SSSR count). The van der Waals surface area contributed by atoms with Crippen LogP contribution in [-0.2, 0) is 4.74 Å². The number of rotatable bonds is 5. The first kappa shape index (κ1) is 22.6. The summed E-state index contributed by atoms with van der Waals surface area (Å²) < 4.78 is 16.1. The van der Waals surface area contributed by atoms with Crippen molar-refractivity contribution >= 4 is 17.7 Å². The Balaban J connectivity index is 1.89. The topological polar surface area (TPSA) is 84.4 Å². The third kappa shape index (κ3) is 7.03. The Hall–Kier alpha value is -2.64. The molecule has 1 saturated heterocycles. The monoisotopic (exact) mass is 406 g/mol. The molecular formula is C21H34N4O4. The number of nitrogens with one attached hydrogen (secondary N) is 2. The molecule has 29 heavy (non-hydrogen) atoms. The normalized spacial score (nSPS) is 17.5. The average Bonchev–Trinajstić information content (AvgIpc) is 2.69. The number of methoxy groups -OCH3 is 2. The fourth-order valence-corrected chi connectivity index (χ4v) is 3.19. The fourth-order valence-electron chi connectivity index (χ4n) is 3.19. The van der Waals surface area contributed by atoms with Gasteiger partial charge in [-0.15, -0.1) is 0 Å². The number of guanidine groups is 1. The molecule has 1 unspecified atom stereocenters. The van der Waals surface area contributed by atoms with Gasteiger partial charge >= 0.3 is 6.09 Å². The quantitative estimate of drug-likeness (QED) is 0.576. The van der Waals surface area contributed by atoms with E-state index in [4.69, 9.17) is 14.2 Å². The first-order chi connectivity index (χ1) is 13.8. The molecule has 0 bridgehead atoms. The molecule has 1 amide bonds. The summed E-state index contributed by atoms with van der Waals surface area (Å²) in [6, 6.07) is 5.60. The lowest BCUT2D eigenvalue weighted by atomic mass is 9.98. The number of aliphatic imine (C=N–C) groups is 1. The van der Waals surface area contributed by atoms with Crippen LogP contribution in [-0.4, -0.2) is 63.5 Å². The van der Waals surface area contributed by atoms with Crippen LogP contribution in [0.25, 0.3) is 0 Å². The molecule has 8 heteroatoms. The van der Waals surface area contributed by atoms with Crippen LogP contribution in [0.1, 0.15) is 33.6 Å². The van der Waals surface area contributed by atoms with E-state index in [0.717, 1.165) is 25.1 Å². The molecule has 8 nitrogen and oxygen atoms in total. The number of ether oxygens (including phenoxy) is 3. The van der Waals surface area contributed by atoms with Crippen LogP contribution in [0.5, 0.6) is 11.5 Å². The summed E-state index contributed by atoms with van der Waals surface area (Å²) in [6.45, 7) is 7.79. The second-order valence-electron chi connectivity index (χ2n) is 8.08. The third-order valence-electron chi connectivity index (χ3n) is 4.60. The van der Waals surface area contributed by atoms with Crippen molar-refractivity contribution in [3.8, 4) is 11.5 Å². The van der Waals surface area contributed by atoms with E-state index < -0.39 is 5.60 Å². The lowest BCUT2D eigenvalue weighted by Gasteiger charge is -2.34. The van der Waals surface area contributed by atoms with E-state index in [1.54, 1.807) is 26.2 Å². The van der Waals surface area contributed by atoms with Crippen LogP contribution in [0.3, 0.4) is 0 Å². The highest BCUT2D eigenvalue weighted by atomic mass is 16.6. The Morgan fingerprint density at radius 3 is 2.59 bits per heavy atom. The standard InChI is InChI=1S/C21H34N4O4/c1-21(2,3)29-20(26)25-11-7-8-15(14-25)13-23-19(22-4)24-16-9-10-17(27-5)18(12-16)28-6/h9-10,12,15H,7-8,11,13-14H2,1-6H3,(H2,22,23,24). The van der Waals surface area contributed by atoms with Crippen molar-refractivity contribution < 1.29 is 19.0 Å². The zero-order valence-electron chi connectivity index (χ0n) is 18.4. The molecule has 0 spiro atoms. The third-order valence-corrected chi connectivity index (χ3v) is 4.60. The summed E-state index contributed by atoms with van der Waals surface area (Å²) >= 11 is 0. The Morgan fingerprint density at radius 1 is 1.24 bits per heavy atom. The van der Waals surface area contributed by atoms with Crippen molar-refractivity contribution in [2.75, 3.05) is 46.2 Å². The van der Waals surface area contributed by atoms with Crippen LogP contribution in [0.15, 0.2) is 23.2 Å². The Morgan fingerprint density at radius 2 is 1.97 bits per heavy atom. The van der Waals surface area contributed by atoms with Crippen molar-refractivity contribution in [1.82, 2.24) is 10.2 Å². The highest BCUT2D eigenvalue weighted by molar-refractivity contribution is 5.93. The minimum Gasteiger partial charge on any atom is -0.493 e. The maximum atomic E-state index is 12.3. The van der Waals surface area contributed by atoms with Gasteiger partial charge in [-0.05, 0) is 51.7 Å². The molecule has 1 aliphatic rings. The second-order valence-corrected chi connectivity index (χ2v) is 8.08. The number of amides is 1. The maximum Gasteiger partial charge on any atom is 0.410 e. The van der Waals surface area contributed by atoms with Crippen LogP contribution >= 0.6 is 0 Å². The van der Waals surface area contributed by atoms with Gasteiger partial charge in [0.1, 0.15) is 5.60 Å². The van der Waals surface area contributed by atoms with Gasteiger partial charge in [0.05, 0.1) is 14.2 Å². The van der Waals surface area contributed by atoms with Gasteiger partial charge in [0.15, 0.2) is 17.5 Å². The molecule has 1 fully saturated rings. The van der Waals surface area contributed by atoms with Gasteiger partial charge in [0.25, 0.3) is 0 Å². The molecule has 1 aliphatic heterocycles. The highest BCUT2D eigenvalue weighted by Gasteiger charge is 2.27. The number of hydrogen-bond acceptors (Lipinski definition) is 5. The Labute approximate surface area is 173 Å². The van der Waals surface area contributed by atoms with E-state index in [2.05, 4.69) is 15.6 Å². The van der Waals surface area contributed by atoms with Crippen LogP contribution in [0.2, 0.25) is 0 Å². The summed E-state index contributed by atoms with van der Waals surface area (Å²) in [5, 5.41) is 6.61. The molecule has 1 atom stereocenters. The lowest BCUT2D eigenvalue weighted by Crippen LogP contribution is -2.46. The minimum atomic E-state index is -0.479. The molecule has 0 aliphatic carbocycles. The van der Waals surface area contributed by atoms with Crippen molar-refractivity contribution in [2.24, 2.45) is 10.9 Å². The lowest BCUT2D eigenvalue weighted by molar-refractivity contribution is 0.0168. The number of piperidine rings is 1. The zero-order valence-corrected chi connectivity index (χ0v) is 18.4. The number of likely N-dealkylation sites (tertiary alicyclic amines) is 1. The zero-order chi connectivity index (χ0) is 21.4. The minimum absolute atomic E-state index is 0.241. The molecule has 1 aromatic rings. The Bertz CT molecular complexity index is 715. The SMILES string of the molecule is CN=C(NCC1CCCN(C(=O)OC(C)(C)C)C1)Nc1ccc(OC)c(OC)c1. The maximum absolute atomic E-state index is 12.3. The highest BCUT2D eigenvalue weighted by Crippen LogP contribution is 2.29. The summed E-state index contributed by atoms with van der Waals surface area (Å²) in [4.78, 5) is 18.4. The number of anilines is 1. The van der Waals surface area contributed by atoms with Crippen LogP contribution in [0.4, 0.5) is 10.5 Å². The predicted octanol–water partition coefficient (Wildman–Crippen LogP) is 3.34. The Kier molecular flexibility index (Phi) is 7.99. The molecule has 1 heterocycles. The van der Waals surface area contributed by atoms with E-state index >= 15 is 0 Å². The van der Waals surface area contributed by atoms with E-state index in [-0.39, 0.29) is 6.09 Å². The average molecular weight is 407 g/mol. The van der Waals surface area contributed by atoms with Gasteiger partial charge in [-0.2, -0.15) is 0 Å². The van der Waals surface area contributed by atoms with E-state index in [1.165, 1.54) is 0 Å². The van der Waals surface area contributed by atoms with Crippen molar-refractivity contribution in [2.45, 2.75) is 39.2 Å². The van der Waals surface area contributed by atoms with Gasteiger partial charge in [0.2, 0.25) is 0 Å². The van der Waals surface area contributed by atoms with Gasteiger partial charge in [0, 0.05) is 38.4 Å². The molecule has 0 radical (unpaired) electrons. The summed E-state index contributed by atoms with van der Waals surface area (Å²) in [5.41, 5.74) is 0.364. The number of nitrogens with zero attached hydrogens (tertiary/aromatic N) is 2.